The number of carbonyl (C=O) groups excluding carboxylic acids is 2. The molecule has 0 aromatic heterocycles. The van der Waals surface area contributed by atoms with E-state index in [4.69, 9.17) is 4.74 Å². The van der Waals surface area contributed by atoms with Crippen molar-refractivity contribution < 1.29 is 27.5 Å². The van der Waals surface area contributed by atoms with Crippen LogP contribution in [0.25, 0.3) is 0 Å². The first-order valence-corrected chi connectivity index (χ1v) is 8.40. The van der Waals surface area contributed by atoms with Gasteiger partial charge in [0.25, 0.3) is 5.91 Å². The van der Waals surface area contributed by atoms with Gasteiger partial charge in [-0.2, -0.15) is 13.2 Å². The summed E-state index contributed by atoms with van der Waals surface area (Å²) in [5, 5.41) is 2.43. The first-order chi connectivity index (χ1) is 12.3. The lowest BCUT2D eigenvalue weighted by Gasteiger charge is -2.22. The van der Waals surface area contributed by atoms with E-state index in [0.29, 0.717) is 25.2 Å². The first-order valence-electron chi connectivity index (χ1n) is 8.40. The number of halogens is 3. The molecule has 1 saturated heterocycles. The van der Waals surface area contributed by atoms with Gasteiger partial charge in [0.15, 0.2) is 6.61 Å². The highest BCUT2D eigenvalue weighted by Crippen LogP contribution is 2.36. The number of benzene rings is 1. The van der Waals surface area contributed by atoms with Crippen molar-refractivity contribution in [3.63, 3.8) is 0 Å². The Labute approximate surface area is 149 Å². The van der Waals surface area contributed by atoms with Gasteiger partial charge >= 0.3 is 12.1 Å². The molecule has 1 aliphatic rings. The number of amides is 1. The molecule has 5 nitrogen and oxygen atoms in total. The van der Waals surface area contributed by atoms with E-state index in [0.717, 1.165) is 25.0 Å². The van der Waals surface area contributed by atoms with Crippen molar-refractivity contribution >= 4 is 23.3 Å². The van der Waals surface area contributed by atoms with Crippen LogP contribution in [0.1, 0.15) is 31.7 Å². The maximum Gasteiger partial charge on any atom is 0.416 e. The number of anilines is 2. The van der Waals surface area contributed by atoms with Gasteiger partial charge in [0, 0.05) is 19.2 Å². The highest BCUT2D eigenvalue weighted by molar-refractivity contribution is 5.96. The molecule has 1 heterocycles. The molecule has 26 heavy (non-hydrogen) atoms. The molecular formula is C18H21F3N2O3. The van der Waals surface area contributed by atoms with Crippen LogP contribution in [0.5, 0.6) is 0 Å². The summed E-state index contributed by atoms with van der Waals surface area (Å²) < 4.78 is 43.7. The minimum Gasteiger partial charge on any atom is -0.452 e. The standard InChI is InChI=1S/C18H21F3N2O3/c1-2-3-6-17(25)26-12-16(24)22-14-11-13(18(19,20)21)7-8-15(14)23-9-4-5-10-23/h3,6-8,11H,2,4-5,9-10,12H2,1H3,(H,22,24)/b6-3+. The molecule has 142 valence electrons. The summed E-state index contributed by atoms with van der Waals surface area (Å²) >= 11 is 0. The monoisotopic (exact) mass is 370 g/mol. The summed E-state index contributed by atoms with van der Waals surface area (Å²) in [6.45, 7) is 2.70. The number of nitrogens with zero attached hydrogens (tertiary/aromatic N) is 1. The van der Waals surface area contributed by atoms with Crippen LogP contribution in [-0.2, 0) is 20.5 Å². The zero-order chi connectivity index (χ0) is 19.2. The maximum absolute atomic E-state index is 13.0. The van der Waals surface area contributed by atoms with E-state index < -0.39 is 30.2 Å². The number of nitrogens with one attached hydrogen (secondary N) is 1. The number of hydrogen-bond donors (Lipinski definition) is 1. The third-order valence-corrected chi connectivity index (χ3v) is 3.88. The first kappa shape index (κ1) is 19.8. The fourth-order valence-electron chi connectivity index (χ4n) is 2.63. The van der Waals surface area contributed by atoms with Crippen molar-refractivity contribution in [1.29, 1.82) is 0 Å². The number of carbonyl (C=O) groups is 2. The molecule has 0 saturated carbocycles. The largest absolute Gasteiger partial charge is 0.452 e. The summed E-state index contributed by atoms with van der Waals surface area (Å²) in [7, 11) is 0. The van der Waals surface area contributed by atoms with Gasteiger partial charge in [-0.3, -0.25) is 4.79 Å². The molecule has 1 aliphatic heterocycles. The maximum atomic E-state index is 13.0. The summed E-state index contributed by atoms with van der Waals surface area (Å²) in [4.78, 5) is 25.3. The van der Waals surface area contributed by atoms with E-state index in [-0.39, 0.29) is 5.69 Å². The van der Waals surface area contributed by atoms with Gasteiger partial charge in [0.1, 0.15) is 0 Å². The Balaban J connectivity index is 2.12. The fourth-order valence-corrected chi connectivity index (χ4v) is 2.63. The molecule has 1 fully saturated rings. The number of esters is 1. The van der Waals surface area contributed by atoms with Crippen LogP contribution in [-0.4, -0.2) is 31.6 Å². The van der Waals surface area contributed by atoms with Crippen molar-refractivity contribution in [2.75, 3.05) is 29.9 Å². The number of rotatable bonds is 6. The quantitative estimate of drug-likeness (QED) is 0.612. The molecule has 0 radical (unpaired) electrons. The molecule has 0 atom stereocenters. The van der Waals surface area contributed by atoms with Crippen molar-refractivity contribution in [3.8, 4) is 0 Å². The number of hydrogen-bond acceptors (Lipinski definition) is 4. The molecule has 0 bridgehead atoms. The van der Waals surface area contributed by atoms with Gasteiger partial charge in [-0.15, -0.1) is 0 Å². The minimum atomic E-state index is -4.51. The minimum absolute atomic E-state index is 0.0619. The van der Waals surface area contributed by atoms with Crippen LogP contribution in [0, 0.1) is 0 Å². The van der Waals surface area contributed by atoms with Crippen LogP contribution in [0.15, 0.2) is 30.4 Å². The van der Waals surface area contributed by atoms with Gasteiger partial charge < -0.3 is 15.0 Å². The van der Waals surface area contributed by atoms with E-state index in [2.05, 4.69) is 5.32 Å². The Morgan fingerprint density at radius 3 is 2.58 bits per heavy atom. The van der Waals surface area contributed by atoms with Crippen LogP contribution in [0.3, 0.4) is 0 Å². The highest BCUT2D eigenvalue weighted by atomic mass is 19.4. The fraction of sp³-hybridized carbons (Fsp3) is 0.444. The topological polar surface area (TPSA) is 58.6 Å². The summed E-state index contributed by atoms with van der Waals surface area (Å²) in [6.07, 6.45) is 0.794. The van der Waals surface area contributed by atoms with Gasteiger partial charge in [-0.1, -0.05) is 13.0 Å². The van der Waals surface area contributed by atoms with Gasteiger partial charge in [0.2, 0.25) is 0 Å². The molecule has 1 amide bonds. The van der Waals surface area contributed by atoms with Crippen LogP contribution < -0.4 is 10.2 Å². The summed E-state index contributed by atoms with van der Waals surface area (Å²) in [6, 6.07) is 3.27. The molecule has 0 spiro atoms. The second kappa shape index (κ2) is 8.73. The van der Waals surface area contributed by atoms with E-state index in [1.54, 1.807) is 6.08 Å². The molecule has 0 unspecified atom stereocenters. The molecule has 2 rings (SSSR count). The van der Waals surface area contributed by atoms with Crippen LogP contribution in [0.2, 0.25) is 0 Å². The predicted octanol–water partition coefficient (Wildman–Crippen LogP) is 3.75. The van der Waals surface area contributed by atoms with Crippen molar-refractivity contribution in [2.45, 2.75) is 32.4 Å². The third-order valence-electron chi connectivity index (χ3n) is 3.88. The van der Waals surface area contributed by atoms with E-state index in [1.807, 2.05) is 11.8 Å². The third kappa shape index (κ3) is 5.50. The zero-order valence-corrected chi connectivity index (χ0v) is 14.4. The lowest BCUT2D eigenvalue weighted by atomic mass is 10.1. The number of ether oxygens (including phenoxy) is 1. The lowest BCUT2D eigenvalue weighted by molar-refractivity contribution is -0.142. The SMILES string of the molecule is CC/C=C/C(=O)OCC(=O)Nc1cc(C(F)(F)F)ccc1N1CCCC1. The van der Waals surface area contributed by atoms with Gasteiger partial charge in [0.05, 0.1) is 16.9 Å². The van der Waals surface area contributed by atoms with E-state index in [9.17, 15) is 22.8 Å². The van der Waals surface area contributed by atoms with E-state index in [1.165, 1.54) is 12.1 Å². The molecule has 1 N–H and O–H groups in total. The second-order valence-corrected chi connectivity index (χ2v) is 5.89. The van der Waals surface area contributed by atoms with Crippen molar-refractivity contribution in [3.05, 3.63) is 35.9 Å². The molecule has 1 aromatic carbocycles. The summed E-state index contributed by atoms with van der Waals surface area (Å²) in [5.74, 6) is -1.37. The smallest absolute Gasteiger partial charge is 0.416 e. The molecule has 0 aliphatic carbocycles. The Hall–Kier alpha value is -2.51. The van der Waals surface area contributed by atoms with E-state index >= 15 is 0 Å². The highest BCUT2D eigenvalue weighted by Gasteiger charge is 2.32. The average Bonchev–Trinajstić information content (AvgIpc) is 3.11. The lowest BCUT2D eigenvalue weighted by Crippen LogP contribution is -2.24. The average molecular weight is 370 g/mol. The number of alkyl halides is 3. The Morgan fingerprint density at radius 2 is 1.96 bits per heavy atom. The molecule has 1 aromatic rings. The number of allylic oxidation sites excluding steroid dienone is 1. The van der Waals surface area contributed by atoms with Crippen LogP contribution in [0.4, 0.5) is 24.5 Å². The molecular weight excluding hydrogens is 349 g/mol. The Bertz CT molecular complexity index is 681. The Kier molecular flexibility index (Phi) is 6.65. The van der Waals surface area contributed by atoms with Gasteiger partial charge in [-0.05, 0) is 37.5 Å². The predicted molar refractivity (Wildman–Crippen MR) is 91.9 cm³/mol. The molecule has 8 heteroatoms. The second-order valence-electron chi connectivity index (χ2n) is 5.89. The van der Waals surface area contributed by atoms with Crippen molar-refractivity contribution in [1.82, 2.24) is 0 Å². The summed E-state index contributed by atoms with van der Waals surface area (Å²) in [5.41, 5.74) is -0.258. The van der Waals surface area contributed by atoms with Crippen molar-refractivity contribution in [2.24, 2.45) is 0 Å². The Morgan fingerprint density at radius 1 is 1.27 bits per heavy atom. The van der Waals surface area contributed by atoms with Crippen LogP contribution >= 0.6 is 0 Å². The van der Waals surface area contributed by atoms with Gasteiger partial charge in [-0.25, -0.2) is 4.79 Å². The zero-order valence-electron chi connectivity index (χ0n) is 14.4. The normalized spacial score (nSPS) is 14.7.